The smallest absolute Gasteiger partial charge is 0.310 e. The lowest BCUT2D eigenvalue weighted by Gasteiger charge is -2.25. The molecule has 0 aromatic carbocycles. The van der Waals surface area contributed by atoms with Crippen LogP contribution in [-0.4, -0.2) is 16.9 Å². The molecule has 0 fully saturated rings. The van der Waals surface area contributed by atoms with E-state index in [2.05, 4.69) is 0 Å². The Bertz CT molecular complexity index is 148. The van der Waals surface area contributed by atoms with Crippen LogP contribution in [0.25, 0.3) is 0 Å². The second-order valence-corrected chi connectivity index (χ2v) is 3.23. The minimum Gasteiger partial charge on any atom is -0.433 e. The molecule has 0 atom stereocenters. The molecule has 0 radical (unpaired) electrons. The molecule has 0 spiro atoms. The summed E-state index contributed by atoms with van der Waals surface area (Å²) >= 11 is 0. The Kier molecular flexibility index (Phi) is 4.24. The highest BCUT2D eigenvalue weighted by Crippen LogP contribution is 2.17. The third-order valence-corrected chi connectivity index (χ3v) is 1.87. The van der Waals surface area contributed by atoms with Gasteiger partial charge in [0, 0.05) is 12.8 Å². The quantitative estimate of drug-likeness (QED) is 0.521. The van der Waals surface area contributed by atoms with Gasteiger partial charge in [-0.25, -0.2) is 0 Å². The van der Waals surface area contributed by atoms with Crippen molar-refractivity contribution in [2.75, 3.05) is 0 Å². The Hall–Kier alpha value is -0.570. The van der Waals surface area contributed by atoms with Gasteiger partial charge in [-0.05, 0) is 0 Å². The van der Waals surface area contributed by atoms with E-state index in [4.69, 9.17) is 4.74 Å². The summed E-state index contributed by atoms with van der Waals surface area (Å²) in [6.45, 7) is 7.07. The fourth-order valence-electron chi connectivity index (χ4n) is 0.699. The lowest BCUT2D eigenvalue weighted by molar-refractivity contribution is -0.214. The third kappa shape index (κ3) is 3.22. The van der Waals surface area contributed by atoms with E-state index in [9.17, 15) is 9.90 Å². The van der Waals surface area contributed by atoms with Crippen LogP contribution in [0, 0.1) is 5.92 Å². The van der Waals surface area contributed by atoms with Crippen molar-refractivity contribution >= 4 is 5.97 Å². The first-order valence-corrected chi connectivity index (χ1v) is 4.40. The monoisotopic (exact) mass is 174 g/mol. The molecule has 72 valence electrons. The number of esters is 1. The maximum atomic E-state index is 11.1. The van der Waals surface area contributed by atoms with Crippen molar-refractivity contribution in [2.45, 2.75) is 46.3 Å². The van der Waals surface area contributed by atoms with Crippen LogP contribution in [0.4, 0.5) is 0 Å². The van der Waals surface area contributed by atoms with Crippen molar-refractivity contribution < 1.29 is 14.6 Å². The minimum atomic E-state index is -1.26. The Morgan fingerprint density at radius 1 is 1.42 bits per heavy atom. The molecular weight excluding hydrogens is 156 g/mol. The average Bonchev–Trinajstić information content (AvgIpc) is 2.04. The number of rotatable bonds is 4. The van der Waals surface area contributed by atoms with Crippen molar-refractivity contribution in [2.24, 2.45) is 5.92 Å². The van der Waals surface area contributed by atoms with Crippen LogP contribution in [0.2, 0.25) is 0 Å². The maximum Gasteiger partial charge on any atom is 0.310 e. The second kappa shape index (κ2) is 4.45. The van der Waals surface area contributed by atoms with E-state index in [-0.39, 0.29) is 11.9 Å². The molecule has 0 saturated heterocycles. The van der Waals surface area contributed by atoms with E-state index >= 15 is 0 Å². The summed E-state index contributed by atoms with van der Waals surface area (Å²) in [7, 11) is 0. The Morgan fingerprint density at radius 3 is 2.08 bits per heavy atom. The van der Waals surface area contributed by atoms with Crippen molar-refractivity contribution in [3.05, 3.63) is 0 Å². The summed E-state index contributed by atoms with van der Waals surface area (Å²) < 4.78 is 4.91. The summed E-state index contributed by atoms with van der Waals surface area (Å²) in [6, 6.07) is 0. The molecule has 0 aliphatic heterocycles. The molecule has 0 rings (SSSR count). The topological polar surface area (TPSA) is 46.5 Å². The highest BCUT2D eigenvalue weighted by molar-refractivity contribution is 5.71. The molecule has 0 aromatic heterocycles. The first-order chi connectivity index (χ1) is 5.45. The van der Waals surface area contributed by atoms with Crippen molar-refractivity contribution in [3.8, 4) is 0 Å². The van der Waals surface area contributed by atoms with Gasteiger partial charge in [0.2, 0.25) is 5.79 Å². The molecule has 0 amide bonds. The predicted molar refractivity (Wildman–Crippen MR) is 46.5 cm³/mol. The molecular formula is C9H18O3. The van der Waals surface area contributed by atoms with Crippen LogP contribution < -0.4 is 0 Å². The number of hydrogen-bond acceptors (Lipinski definition) is 3. The molecule has 0 saturated carbocycles. The lowest BCUT2D eigenvalue weighted by atomic mass is 10.1. The van der Waals surface area contributed by atoms with Crippen LogP contribution in [0.1, 0.15) is 40.5 Å². The van der Waals surface area contributed by atoms with Crippen LogP contribution in [-0.2, 0) is 9.53 Å². The second-order valence-electron chi connectivity index (χ2n) is 3.23. The first kappa shape index (κ1) is 11.4. The molecule has 0 aromatic rings. The summed E-state index contributed by atoms with van der Waals surface area (Å²) in [5, 5.41) is 9.60. The van der Waals surface area contributed by atoms with Crippen LogP contribution >= 0.6 is 0 Å². The zero-order chi connectivity index (χ0) is 9.78. The molecule has 0 aliphatic rings. The predicted octanol–water partition coefficient (Wildman–Crippen LogP) is 1.69. The zero-order valence-electron chi connectivity index (χ0n) is 8.26. The molecule has 0 aliphatic carbocycles. The summed E-state index contributed by atoms with van der Waals surface area (Å²) in [5.74, 6) is -1.79. The van der Waals surface area contributed by atoms with Crippen LogP contribution in [0.5, 0.6) is 0 Å². The van der Waals surface area contributed by atoms with E-state index in [0.29, 0.717) is 12.8 Å². The van der Waals surface area contributed by atoms with E-state index in [1.807, 2.05) is 0 Å². The molecule has 12 heavy (non-hydrogen) atoms. The van der Waals surface area contributed by atoms with Gasteiger partial charge < -0.3 is 9.84 Å². The maximum absolute atomic E-state index is 11.1. The number of carbonyl (C=O) groups is 1. The van der Waals surface area contributed by atoms with Gasteiger partial charge in [-0.1, -0.05) is 27.7 Å². The van der Waals surface area contributed by atoms with Gasteiger partial charge in [0.1, 0.15) is 0 Å². The van der Waals surface area contributed by atoms with Gasteiger partial charge in [0.25, 0.3) is 0 Å². The lowest BCUT2D eigenvalue weighted by Crippen LogP contribution is -2.34. The number of hydrogen-bond donors (Lipinski definition) is 1. The highest BCUT2D eigenvalue weighted by Gasteiger charge is 2.27. The Morgan fingerprint density at radius 2 is 1.83 bits per heavy atom. The van der Waals surface area contributed by atoms with Crippen LogP contribution in [0.15, 0.2) is 0 Å². The van der Waals surface area contributed by atoms with Gasteiger partial charge in [0.05, 0.1) is 5.92 Å². The van der Waals surface area contributed by atoms with Crippen molar-refractivity contribution in [1.82, 2.24) is 0 Å². The normalized spacial score (nSPS) is 11.8. The standard InChI is InChI=1S/C9H18O3/c1-5-9(11,6-2)12-8(10)7(3)4/h7,11H,5-6H2,1-4H3. The Balaban J connectivity index is 4.12. The van der Waals surface area contributed by atoms with Gasteiger partial charge in [-0.3, -0.25) is 4.79 Å². The number of carbonyl (C=O) groups excluding carboxylic acids is 1. The minimum absolute atomic E-state index is 0.186. The van der Waals surface area contributed by atoms with Gasteiger partial charge in [-0.2, -0.15) is 0 Å². The average molecular weight is 174 g/mol. The number of aliphatic hydroxyl groups is 1. The fraction of sp³-hybridized carbons (Fsp3) is 0.889. The molecule has 0 bridgehead atoms. The van der Waals surface area contributed by atoms with Gasteiger partial charge in [0.15, 0.2) is 0 Å². The fourth-order valence-corrected chi connectivity index (χ4v) is 0.699. The molecule has 0 heterocycles. The van der Waals surface area contributed by atoms with E-state index in [1.54, 1.807) is 27.7 Å². The van der Waals surface area contributed by atoms with E-state index < -0.39 is 5.79 Å². The Labute approximate surface area is 73.7 Å². The third-order valence-electron chi connectivity index (χ3n) is 1.87. The van der Waals surface area contributed by atoms with Gasteiger partial charge in [-0.15, -0.1) is 0 Å². The molecule has 0 unspecified atom stereocenters. The summed E-state index contributed by atoms with van der Waals surface area (Å²) in [5.41, 5.74) is 0. The van der Waals surface area contributed by atoms with Crippen molar-refractivity contribution in [1.29, 1.82) is 0 Å². The summed E-state index contributed by atoms with van der Waals surface area (Å²) in [6.07, 6.45) is 0.865. The van der Waals surface area contributed by atoms with E-state index in [0.717, 1.165) is 0 Å². The number of ether oxygens (including phenoxy) is 1. The summed E-state index contributed by atoms with van der Waals surface area (Å²) in [4.78, 5) is 11.1. The first-order valence-electron chi connectivity index (χ1n) is 4.40. The van der Waals surface area contributed by atoms with E-state index in [1.165, 1.54) is 0 Å². The van der Waals surface area contributed by atoms with Crippen molar-refractivity contribution in [3.63, 3.8) is 0 Å². The zero-order valence-corrected chi connectivity index (χ0v) is 8.26. The van der Waals surface area contributed by atoms with Gasteiger partial charge >= 0.3 is 5.97 Å². The largest absolute Gasteiger partial charge is 0.433 e. The van der Waals surface area contributed by atoms with Crippen LogP contribution in [0.3, 0.4) is 0 Å². The molecule has 3 nitrogen and oxygen atoms in total. The highest BCUT2D eigenvalue weighted by atomic mass is 16.7. The molecule has 1 N–H and O–H groups in total. The SMILES string of the molecule is CCC(O)(CC)OC(=O)C(C)C. The molecule has 3 heteroatoms.